The standard InChI is InChI=1S/C33H41N3O7S2/c1-24-8-13-28(14-9-24)45(40,41)36-23-31(43-30-17-10-25(22-29(30)36)33(2,3)4)32(37)34-18-21-42-26-11-15-27(16-12-26)44(38,39)35-19-6-5-7-20-35/h8-17,22,31H,5-7,18-21,23H2,1-4H3,(H,34,37)/t31-/m1/s1. The summed E-state index contributed by atoms with van der Waals surface area (Å²) in [6.45, 7) is 9.13. The summed E-state index contributed by atoms with van der Waals surface area (Å²) in [6.07, 6.45) is 1.68. The van der Waals surface area contributed by atoms with Crippen molar-refractivity contribution in [3.63, 3.8) is 0 Å². The second-order valence-electron chi connectivity index (χ2n) is 12.5. The zero-order chi connectivity index (χ0) is 32.4. The van der Waals surface area contributed by atoms with E-state index in [1.165, 1.54) is 20.7 Å². The molecule has 10 nitrogen and oxygen atoms in total. The third kappa shape index (κ3) is 7.29. The topological polar surface area (TPSA) is 122 Å². The molecule has 3 aromatic carbocycles. The van der Waals surface area contributed by atoms with Gasteiger partial charge in [0.15, 0.2) is 6.10 Å². The van der Waals surface area contributed by atoms with Crippen molar-refractivity contribution >= 4 is 31.6 Å². The Morgan fingerprint density at radius 3 is 2.16 bits per heavy atom. The highest BCUT2D eigenvalue weighted by Crippen LogP contribution is 2.40. The van der Waals surface area contributed by atoms with Crippen LogP contribution in [0.2, 0.25) is 0 Å². The molecule has 2 aliphatic heterocycles. The monoisotopic (exact) mass is 655 g/mol. The molecule has 1 saturated heterocycles. The number of hydrogen-bond acceptors (Lipinski definition) is 7. The summed E-state index contributed by atoms with van der Waals surface area (Å²) < 4.78 is 68.0. The van der Waals surface area contributed by atoms with Crippen LogP contribution in [0.15, 0.2) is 76.5 Å². The molecular formula is C33H41N3O7S2. The average molecular weight is 656 g/mol. The second kappa shape index (κ2) is 13.0. The van der Waals surface area contributed by atoms with Gasteiger partial charge < -0.3 is 14.8 Å². The van der Waals surface area contributed by atoms with Crippen LogP contribution in [-0.4, -0.2) is 65.9 Å². The summed E-state index contributed by atoms with van der Waals surface area (Å²) in [7, 11) is -7.53. The molecule has 0 unspecified atom stereocenters. The molecule has 5 rings (SSSR count). The van der Waals surface area contributed by atoms with Gasteiger partial charge in [-0.15, -0.1) is 0 Å². The van der Waals surface area contributed by atoms with Gasteiger partial charge >= 0.3 is 0 Å². The van der Waals surface area contributed by atoms with E-state index >= 15 is 0 Å². The Kier molecular flexibility index (Phi) is 9.48. The highest BCUT2D eigenvalue weighted by molar-refractivity contribution is 7.92. The lowest BCUT2D eigenvalue weighted by molar-refractivity contribution is -0.127. The van der Waals surface area contributed by atoms with Gasteiger partial charge in [-0.1, -0.05) is 51.0 Å². The Morgan fingerprint density at radius 2 is 1.51 bits per heavy atom. The molecule has 45 heavy (non-hydrogen) atoms. The summed E-state index contributed by atoms with van der Waals surface area (Å²) >= 11 is 0. The van der Waals surface area contributed by atoms with Crippen LogP contribution >= 0.6 is 0 Å². The Bertz CT molecular complexity index is 1730. The fourth-order valence-electron chi connectivity index (χ4n) is 5.34. The number of carbonyl (C=O) groups is 1. The van der Waals surface area contributed by atoms with Crippen molar-refractivity contribution in [3.8, 4) is 11.5 Å². The molecule has 12 heteroatoms. The number of sulfonamides is 2. The van der Waals surface area contributed by atoms with Gasteiger partial charge in [-0.05, 0) is 79.3 Å². The van der Waals surface area contributed by atoms with E-state index in [2.05, 4.69) is 5.32 Å². The highest BCUT2D eigenvalue weighted by Gasteiger charge is 2.38. The van der Waals surface area contributed by atoms with E-state index in [-0.39, 0.29) is 34.9 Å². The van der Waals surface area contributed by atoms with E-state index in [0.29, 0.717) is 30.3 Å². The van der Waals surface area contributed by atoms with Crippen LogP contribution in [-0.2, 0) is 30.3 Å². The zero-order valence-electron chi connectivity index (χ0n) is 26.2. The number of ether oxygens (including phenoxy) is 2. The Morgan fingerprint density at radius 1 is 0.889 bits per heavy atom. The Balaban J connectivity index is 1.24. The Hall–Kier alpha value is -3.61. The first kappa shape index (κ1) is 32.8. The van der Waals surface area contributed by atoms with Crippen molar-refractivity contribution < 1.29 is 31.1 Å². The molecule has 1 fully saturated rings. The molecule has 1 N–H and O–H groups in total. The van der Waals surface area contributed by atoms with E-state index < -0.39 is 32.1 Å². The quantitative estimate of drug-likeness (QED) is 0.334. The molecule has 0 aromatic heterocycles. The van der Waals surface area contributed by atoms with Gasteiger partial charge in [-0.2, -0.15) is 4.31 Å². The van der Waals surface area contributed by atoms with Gasteiger partial charge in [0, 0.05) is 13.1 Å². The SMILES string of the molecule is Cc1ccc(S(=O)(=O)N2C[C@H](C(=O)NCCOc3ccc(S(=O)(=O)N4CCCCC4)cc3)Oc3ccc(C(C)(C)C)cc32)cc1. The predicted octanol–water partition coefficient (Wildman–Crippen LogP) is 4.62. The molecule has 0 aliphatic carbocycles. The van der Waals surface area contributed by atoms with E-state index in [4.69, 9.17) is 9.47 Å². The summed E-state index contributed by atoms with van der Waals surface area (Å²) in [5.41, 5.74) is 2.03. The molecule has 1 atom stereocenters. The molecule has 2 aliphatic rings. The summed E-state index contributed by atoms with van der Waals surface area (Å²) in [6, 6.07) is 18.3. The molecule has 1 amide bonds. The fourth-order valence-corrected chi connectivity index (χ4v) is 8.32. The number of anilines is 1. The number of carbonyl (C=O) groups excluding carboxylic acids is 1. The summed E-state index contributed by atoms with van der Waals surface area (Å²) in [4.78, 5) is 13.6. The van der Waals surface area contributed by atoms with Crippen molar-refractivity contribution in [2.24, 2.45) is 0 Å². The Labute approximate surface area is 266 Å². The lowest BCUT2D eigenvalue weighted by atomic mass is 9.86. The second-order valence-corrected chi connectivity index (χ2v) is 16.3. The number of rotatable bonds is 9. The van der Waals surface area contributed by atoms with E-state index in [1.807, 2.05) is 39.8 Å². The maximum Gasteiger partial charge on any atom is 0.264 e. The minimum Gasteiger partial charge on any atom is -0.492 e. The maximum atomic E-state index is 13.9. The number of aryl methyl sites for hydroxylation is 1. The summed E-state index contributed by atoms with van der Waals surface area (Å²) in [5.74, 6) is 0.298. The van der Waals surface area contributed by atoms with Gasteiger partial charge in [0.25, 0.3) is 15.9 Å². The first-order valence-electron chi connectivity index (χ1n) is 15.2. The molecule has 3 aromatic rings. The van der Waals surface area contributed by atoms with Crippen LogP contribution in [0.4, 0.5) is 5.69 Å². The molecule has 242 valence electrons. The van der Waals surface area contributed by atoms with Crippen molar-refractivity contribution in [1.29, 1.82) is 0 Å². The number of amides is 1. The number of nitrogens with zero attached hydrogens (tertiary/aromatic N) is 2. The maximum absolute atomic E-state index is 13.9. The fraction of sp³-hybridized carbons (Fsp3) is 0.424. The third-order valence-corrected chi connectivity index (χ3v) is 11.7. The molecular weight excluding hydrogens is 615 g/mol. The largest absolute Gasteiger partial charge is 0.492 e. The number of fused-ring (bicyclic) bond motifs is 1. The number of benzene rings is 3. The van der Waals surface area contributed by atoms with Crippen LogP contribution in [0, 0.1) is 6.92 Å². The minimum atomic E-state index is -4.00. The third-order valence-electron chi connectivity index (χ3n) is 8.04. The number of hydrogen-bond donors (Lipinski definition) is 1. The van der Waals surface area contributed by atoms with E-state index in [1.54, 1.807) is 42.5 Å². The minimum absolute atomic E-state index is 0.119. The molecule has 2 heterocycles. The smallest absolute Gasteiger partial charge is 0.264 e. The lowest BCUT2D eigenvalue weighted by Crippen LogP contribution is -2.51. The molecule has 0 saturated carbocycles. The van der Waals surface area contributed by atoms with Gasteiger partial charge in [-0.3, -0.25) is 9.10 Å². The number of piperidine rings is 1. The van der Waals surface area contributed by atoms with Gasteiger partial charge in [0.2, 0.25) is 10.0 Å². The zero-order valence-corrected chi connectivity index (χ0v) is 27.8. The molecule has 0 spiro atoms. The van der Waals surface area contributed by atoms with Crippen molar-refractivity contribution in [2.75, 3.05) is 37.1 Å². The van der Waals surface area contributed by atoms with E-state index in [0.717, 1.165) is 30.4 Å². The summed E-state index contributed by atoms with van der Waals surface area (Å²) in [5, 5.41) is 2.77. The van der Waals surface area contributed by atoms with Gasteiger partial charge in [0.1, 0.15) is 18.1 Å². The van der Waals surface area contributed by atoms with E-state index in [9.17, 15) is 21.6 Å². The van der Waals surface area contributed by atoms with Crippen LogP contribution in [0.3, 0.4) is 0 Å². The average Bonchev–Trinajstić information content (AvgIpc) is 3.02. The number of nitrogens with one attached hydrogen (secondary N) is 1. The molecule has 0 radical (unpaired) electrons. The van der Waals surface area contributed by atoms with Crippen molar-refractivity contribution in [2.45, 2.75) is 68.3 Å². The first-order valence-corrected chi connectivity index (χ1v) is 18.1. The highest BCUT2D eigenvalue weighted by atomic mass is 32.2. The van der Waals surface area contributed by atoms with Crippen molar-refractivity contribution in [3.05, 3.63) is 77.9 Å². The normalized spacial score (nSPS) is 17.7. The molecule has 0 bridgehead atoms. The lowest BCUT2D eigenvalue weighted by Gasteiger charge is -2.36. The van der Waals surface area contributed by atoms with Gasteiger partial charge in [0.05, 0.1) is 28.6 Å². The van der Waals surface area contributed by atoms with Crippen molar-refractivity contribution in [1.82, 2.24) is 9.62 Å². The van der Waals surface area contributed by atoms with Crippen LogP contribution in [0.25, 0.3) is 0 Å². The van der Waals surface area contributed by atoms with Crippen LogP contribution in [0.5, 0.6) is 11.5 Å². The predicted molar refractivity (Wildman–Crippen MR) is 173 cm³/mol. The first-order chi connectivity index (χ1) is 21.3. The van der Waals surface area contributed by atoms with Crippen LogP contribution in [0.1, 0.15) is 51.2 Å². The van der Waals surface area contributed by atoms with Gasteiger partial charge in [-0.25, -0.2) is 16.8 Å². The van der Waals surface area contributed by atoms with Crippen LogP contribution < -0.4 is 19.1 Å².